The fourth-order valence-electron chi connectivity index (χ4n) is 8.16. The monoisotopic (exact) mass is 496 g/mol. The zero-order valence-electron chi connectivity index (χ0n) is 21.4. The molecular formula is C31H36N4O2. The zero-order chi connectivity index (χ0) is 25.0. The van der Waals surface area contributed by atoms with Gasteiger partial charge in [-0.2, -0.15) is 0 Å². The highest BCUT2D eigenvalue weighted by atomic mass is 16.2. The Morgan fingerprint density at radius 1 is 0.811 bits per heavy atom. The highest BCUT2D eigenvalue weighted by molar-refractivity contribution is 5.98. The number of H-pyrrole nitrogens is 1. The molecule has 192 valence electrons. The molecule has 0 spiro atoms. The number of nitrogens with zero attached hydrogens (tertiary/aromatic N) is 1. The van der Waals surface area contributed by atoms with Crippen LogP contribution in [0.3, 0.4) is 0 Å². The first kappa shape index (κ1) is 23.0. The lowest BCUT2D eigenvalue weighted by molar-refractivity contribution is -0.0167. The van der Waals surface area contributed by atoms with E-state index in [0.29, 0.717) is 11.1 Å². The van der Waals surface area contributed by atoms with Crippen LogP contribution in [-0.4, -0.2) is 33.4 Å². The molecule has 5 saturated carbocycles. The topological polar surface area (TPSA) is 86.9 Å². The number of aromatic nitrogens is 2. The van der Waals surface area contributed by atoms with Gasteiger partial charge < -0.3 is 15.6 Å². The van der Waals surface area contributed by atoms with E-state index in [9.17, 15) is 9.59 Å². The van der Waals surface area contributed by atoms with E-state index in [-0.39, 0.29) is 23.4 Å². The number of carbonyl (C=O) groups is 2. The van der Waals surface area contributed by atoms with Crippen LogP contribution in [0.2, 0.25) is 0 Å². The van der Waals surface area contributed by atoms with Crippen molar-refractivity contribution in [3.8, 4) is 11.4 Å². The van der Waals surface area contributed by atoms with Crippen LogP contribution in [0, 0.1) is 17.8 Å². The molecule has 5 aliphatic rings. The van der Waals surface area contributed by atoms with Gasteiger partial charge in [-0.1, -0.05) is 31.4 Å². The Hall–Kier alpha value is -3.15. The predicted octanol–water partition coefficient (Wildman–Crippen LogP) is 5.99. The maximum atomic E-state index is 13.2. The molecule has 6 nitrogen and oxygen atoms in total. The molecule has 6 heteroatoms. The summed E-state index contributed by atoms with van der Waals surface area (Å²) >= 11 is 0. The number of nitrogens with one attached hydrogen (secondary N) is 3. The Bertz CT molecular complexity index is 1300. The van der Waals surface area contributed by atoms with E-state index < -0.39 is 0 Å². The van der Waals surface area contributed by atoms with Crippen LogP contribution in [0.25, 0.3) is 22.4 Å². The lowest BCUT2D eigenvalue weighted by Crippen LogP contribution is -2.59. The molecule has 0 unspecified atom stereocenters. The van der Waals surface area contributed by atoms with Crippen molar-refractivity contribution in [1.82, 2.24) is 20.6 Å². The maximum absolute atomic E-state index is 13.2. The number of amides is 2. The highest BCUT2D eigenvalue weighted by Gasteiger charge is 2.51. The Balaban J connectivity index is 1.05. The first-order chi connectivity index (χ1) is 18.0. The van der Waals surface area contributed by atoms with Crippen LogP contribution in [0.5, 0.6) is 0 Å². The second kappa shape index (κ2) is 9.00. The van der Waals surface area contributed by atoms with Crippen LogP contribution in [0.1, 0.15) is 91.3 Å². The van der Waals surface area contributed by atoms with Gasteiger partial charge in [0.2, 0.25) is 0 Å². The summed E-state index contributed by atoms with van der Waals surface area (Å²) in [4.78, 5) is 34.1. The molecule has 5 fully saturated rings. The quantitative estimate of drug-likeness (QED) is 0.405. The molecule has 0 radical (unpaired) electrons. The minimum absolute atomic E-state index is 0.0145. The number of hydrogen-bond acceptors (Lipinski definition) is 3. The van der Waals surface area contributed by atoms with Gasteiger partial charge in [0.1, 0.15) is 5.82 Å². The van der Waals surface area contributed by atoms with Crippen molar-refractivity contribution in [3.05, 3.63) is 53.6 Å². The zero-order valence-corrected chi connectivity index (χ0v) is 21.4. The average molecular weight is 497 g/mol. The molecular weight excluding hydrogens is 460 g/mol. The van der Waals surface area contributed by atoms with Crippen LogP contribution in [0.4, 0.5) is 0 Å². The number of benzene rings is 2. The summed E-state index contributed by atoms with van der Waals surface area (Å²) in [5.41, 5.74) is 3.98. The molecule has 1 heterocycles. The molecule has 5 aliphatic carbocycles. The van der Waals surface area contributed by atoms with Crippen LogP contribution in [-0.2, 0) is 0 Å². The lowest BCUT2D eigenvalue weighted by Gasteiger charge is -2.56. The Labute approximate surface area is 218 Å². The number of aromatic amines is 1. The normalized spacial score (nSPS) is 28.9. The van der Waals surface area contributed by atoms with E-state index in [1.165, 1.54) is 38.5 Å². The first-order valence-corrected chi connectivity index (χ1v) is 14.3. The van der Waals surface area contributed by atoms with Gasteiger partial charge in [-0.05, 0) is 99.5 Å². The third kappa shape index (κ3) is 4.45. The van der Waals surface area contributed by atoms with Crippen molar-refractivity contribution >= 4 is 22.8 Å². The van der Waals surface area contributed by atoms with Crippen molar-refractivity contribution in [2.45, 2.75) is 82.2 Å². The SMILES string of the molecule is O=C(NC1CCCCC1)c1ccc2nc(-c3ccc(C(=O)NC45CC6CC(CC(C6)C4)C5)cc3)[nH]c2c1. The van der Waals surface area contributed by atoms with Crippen LogP contribution < -0.4 is 10.6 Å². The van der Waals surface area contributed by atoms with Crippen molar-refractivity contribution in [2.75, 3.05) is 0 Å². The van der Waals surface area contributed by atoms with E-state index >= 15 is 0 Å². The number of rotatable bonds is 5. The first-order valence-electron chi connectivity index (χ1n) is 14.3. The summed E-state index contributed by atoms with van der Waals surface area (Å²) in [7, 11) is 0. The predicted molar refractivity (Wildman–Crippen MR) is 144 cm³/mol. The molecule has 0 aliphatic heterocycles. The molecule has 1 aromatic heterocycles. The van der Waals surface area contributed by atoms with E-state index in [1.807, 2.05) is 42.5 Å². The van der Waals surface area contributed by atoms with E-state index in [1.54, 1.807) is 0 Å². The smallest absolute Gasteiger partial charge is 0.251 e. The largest absolute Gasteiger partial charge is 0.349 e. The summed E-state index contributed by atoms with van der Waals surface area (Å²) < 4.78 is 0. The Morgan fingerprint density at radius 2 is 1.46 bits per heavy atom. The summed E-state index contributed by atoms with van der Waals surface area (Å²) in [6.07, 6.45) is 13.4. The minimum Gasteiger partial charge on any atom is -0.349 e. The van der Waals surface area contributed by atoms with Gasteiger partial charge in [0, 0.05) is 28.3 Å². The third-order valence-electron chi connectivity index (χ3n) is 9.52. The molecule has 4 bridgehead atoms. The van der Waals surface area contributed by atoms with Crippen molar-refractivity contribution in [3.63, 3.8) is 0 Å². The molecule has 2 aromatic carbocycles. The minimum atomic E-state index is -0.0145. The van der Waals surface area contributed by atoms with E-state index in [2.05, 4.69) is 15.6 Å². The Kier molecular flexibility index (Phi) is 5.60. The van der Waals surface area contributed by atoms with Gasteiger partial charge >= 0.3 is 0 Å². The molecule has 0 atom stereocenters. The summed E-state index contributed by atoms with van der Waals surface area (Å²) in [5, 5.41) is 6.66. The summed E-state index contributed by atoms with van der Waals surface area (Å²) in [6, 6.07) is 13.7. The van der Waals surface area contributed by atoms with Crippen LogP contribution >= 0.6 is 0 Å². The van der Waals surface area contributed by atoms with Gasteiger partial charge in [-0.3, -0.25) is 9.59 Å². The Morgan fingerprint density at radius 3 is 2.14 bits per heavy atom. The van der Waals surface area contributed by atoms with Gasteiger partial charge in [0.05, 0.1) is 11.0 Å². The number of carbonyl (C=O) groups excluding carboxylic acids is 2. The van der Waals surface area contributed by atoms with E-state index in [0.717, 1.165) is 72.3 Å². The highest BCUT2D eigenvalue weighted by Crippen LogP contribution is 2.55. The molecule has 8 rings (SSSR count). The van der Waals surface area contributed by atoms with Crippen molar-refractivity contribution < 1.29 is 9.59 Å². The summed E-state index contributed by atoms with van der Waals surface area (Å²) in [6.45, 7) is 0. The molecule has 3 aromatic rings. The van der Waals surface area contributed by atoms with E-state index in [4.69, 9.17) is 4.98 Å². The number of fused-ring (bicyclic) bond motifs is 1. The fraction of sp³-hybridized carbons (Fsp3) is 0.516. The molecule has 37 heavy (non-hydrogen) atoms. The molecule has 0 saturated heterocycles. The van der Waals surface area contributed by atoms with Gasteiger partial charge in [0.15, 0.2) is 0 Å². The second-order valence-electron chi connectivity index (χ2n) is 12.4. The average Bonchev–Trinajstić information content (AvgIpc) is 3.32. The van der Waals surface area contributed by atoms with Gasteiger partial charge in [-0.25, -0.2) is 4.98 Å². The lowest BCUT2D eigenvalue weighted by atomic mass is 9.53. The fourth-order valence-corrected chi connectivity index (χ4v) is 8.16. The third-order valence-corrected chi connectivity index (χ3v) is 9.52. The van der Waals surface area contributed by atoms with Crippen molar-refractivity contribution in [1.29, 1.82) is 0 Å². The standard InChI is InChI=1S/C31H36N4O2/c36-29(32-25-4-2-1-3-5-25)24-10-11-26-27(15-24)34-28(33-26)22-6-8-23(9-7-22)30(37)35-31-16-19-12-20(17-31)14-21(13-19)18-31/h6-11,15,19-21,25H,1-5,12-14,16-18H2,(H,32,36)(H,33,34)(H,35,37). The number of hydrogen-bond donors (Lipinski definition) is 3. The maximum Gasteiger partial charge on any atom is 0.251 e. The van der Waals surface area contributed by atoms with Gasteiger partial charge in [-0.15, -0.1) is 0 Å². The van der Waals surface area contributed by atoms with Crippen LogP contribution in [0.15, 0.2) is 42.5 Å². The second-order valence-corrected chi connectivity index (χ2v) is 12.4. The molecule has 3 N–H and O–H groups in total. The van der Waals surface area contributed by atoms with Crippen molar-refractivity contribution in [2.24, 2.45) is 17.8 Å². The number of imidazole rings is 1. The summed E-state index contributed by atoms with van der Waals surface area (Å²) in [5.74, 6) is 3.20. The van der Waals surface area contributed by atoms with Gasteiger partial charge in [0.25, 0.3) is 11.8 Å². The molecule has 2 amide bonds.